The third-order valence-corrected chi connectivity index (χ3v) is 7.45. The van der Waals surface area contributed by atoms with E-state index in [-0.39, 0.29) is 15.5 Å². The Morgan fingerprint density at radius 2 is 1.71 bits per heavy atom. The third-order valence-electron chi connectivity index (χ3n) is 4.90. The van der Waals surface area contributed by atoms with Crippen LogP contribution in [-0.4, -0.2) is 43.8 Å². The monoisotopic (exact) mass is 484 g/mol. The molecular weight excluding hydrogens is 463 g/mol. The summed E-state index contributed by atoms with van der Waals surface area (Å²) >= 11 is 12.1. The number of amides is 1. The molecule has 0 aromatic heterocycles. The molecule has 0 aliphatic carbocycles. The molecular formula is C21H22Cl2N2O5S. The third kappa shape index (κ3) is 5.57. The van der Waals surface area contributed by atoms with Crippen molar-refractivity contribution in [1.82, 2.24) is 4.31 Å². The number of carbonyl (C=O) groups excluding carboxylic acids is 2. The van der Waals surface area contributed by atoms with Crippen LogP contribution in [0.4, 0.5) is 5.69 Å². The number of rotatable bonds is 6. The minimum Gasteiger partial charge on any atom is -0.449 e. The number of hydrogen-bond acceptors (Lipinski definition) is 5. The first-order chi connectivity index (χ1) is 14.7. The summed E-state index contributed by atoms with van der Waals surface area (Å²) in [4.78, 5) is 25.0. The molecule has 0 spiro atoms. The predicted octanol–water partition coefficient (Wildman–Crippen LogP) is 4.35. The van der Waals surface area contributed by atoms with E-state index in [0.29, 0.717) is 23.8 Å². The van der Waals surface area contributed by atoms with Crippen molar-refractivity contribution in [3.63, 3.8) is 0 Å². The van der Waals surface area contributed by atoms with Crippen molar-refractivity contribution < 1.29 is 22.7 Å². The molecule has 1 atom stereocenters. The predicted molar refractivity (Wildman–Crippen MR) is 119 cm³/mol. The molecule has 7 nitrogen and oxygen atoms in total. The van der Waals surface area contributed by atoms with Gasteiger partial charge in [0.1, 0.15) is 0 Å². The average molecular weight is 485 g/mol. The van der Waals surface area contributed by atoms with E-state index >= 15 is 0 Å². The number of anilines is 1. The van der Waals surface area contributed by atoms with Gasteiger partial charge in [0.05, 0.1) is 26.2 Å². The zero-order valence-corrected chi connectivity index (χ0v) is 19.1. The summed E-state index contributed by atoms with van der Waals surface area (Å²) in [5.74, 6) is -1.49. The number of hydrogen-bond donors (Lipinski definition) is 1. The quantitative estimate of drug-likeness (QED) is 0.615. The molecule has 0 radical (unpaired) electrons. The molecule has 1 amide bonds. The highest BCUT2D eigenvalue weighted by Gasteiger charge is 2.28. The van der Waals surface area contributed by atoms with Crippen LogP contribution in [0.3, 0.4) is 0 Å². The van der Waals surface area contributed by atoms with Crippen molar-refractivity contribution in [3.05, 3.63) is 58.1 Å². The minimum atomic E-state index is -3.75. The Kier molecular flexibility index (Phi) is 7.59. The lowest BCUT2D eigenvalue weighted by Crippen LogP contribution is -2.35. The van der Waals surface area contributed by atoms with Crippen molar-refractivity contribution in [3.8, 4) is 0 Å². The largest absolute Gasteiger partial charge is 0.449 e. The average Bonchev–Trinajstić information content (AvgIpc) is 2.76. The second kappa shape index (κ2) is 9.99. The Bertz CT molecular complexity index is 1080. The van der Waals surface area contributed by atoms with Gasteiger partial charge in [0.25, 0.3) is 5.91 Å². The van der Waals surface area contributed by atoms with E-state index in [1.165, 1.54) is 29.4 Å². The second-order valence-corrected chi connectivity index (χ2v) is 9.88. The van der Waals surface area contributed by atoms with Crippen LogP contribution < -0.4 is 5.32 Å². The smallest absolute Gasteiger partial charge is 0.340 e. The van der Waals surface area contributed by atoms with Gasteiger partial charge in [0.2, 0.25) is 10.0 Å². The van der Waals surface area contributed by atoms with E-state index < -0.39 is 28.0 Å². The van der Waals surface area contributed by atoms with Crippen LogP contribution in [0, 0.1) is 0 Å². The first-order valence-electron chi connectivity index (χ1n) is 9.76. The number of para-hydroxylation sites is 1. The molecule has 1 aliphatic heterocycles. The van der Waals surface area contributed by atoms with E-state index in [1.807, 2.05) is 0 Å². The van der Waals surface area contributed by atoms with Gasteiger partial charge in [-0.05, 0) is 50.1 Å². The van der Waals surface area contributed by atoms with Gasteiger partial charge >= 0.3 is 5.97 Å². The number of sulfonamides is 1. The number of piperidine rings is 1. The van der Waals surface area contributed by atoms with Gasteiger partial charge in [0, 0.05) is 13.1 Å². The Balaban J connectivity index is 1.74. The molecule has 2 aromatic carbocycles. The molecule has 2 aromatic rings. The summed E-state index contributed by atoms with van der Waals surface area (Å²) in [5.41, 5.74) is 0.252. The zero-order valence-electron chi connectivity index (χ0n) is 16.8. The fourth-order valence-corrected chi connectivity index (χ4v) is 5.07. The van der Waals surface area contributed by atoms with Gasteiger partial charge < -0.3 is 10.1 Å². The van der Waals surface area contributed by atoms with Crippen LogP contribution >= 0.6 is 23.2 Å². The van der Waals surface area contributed by atoms with E-state index in [0.717, 1.165) is 19.3 Å². The fraction of sp³-hybridized carbons (Fsp3) is 0.333. The van der Waals surface area contributed by atoms with Crippen LogP contribution in [0.2, 0.25) is 10.0 Å². The molecule has 0 bridgehead atoms. The summed E-state index contributed by atoms with van der Waals surface area (Å²) in [5, 5.41) is 2.95. The number of nitrogens with zero attached hydrogens (tertiary/aromatic N) is 1. The van der Waals surface area contributed by atoms with Crippen molar-refractivity contribution in [2.24, 2.45) is 0 Å². The minimum absolute atomic E-state index is 0.0290. The van der Waals surface area contributed by atoms with Gasteiger partial charge in [-0.3, -0.25) is 4.79 Å². The molecule has 1 N–H and O–H groups in total. The van der Waals surface area contributed by atoms with E-state index in [2.05, 4.69) is 5.32 Å². The summed E-state index contributed by atoms with van der Waals surface area (Å²) in [7, 11) is -3.75. The standard InChI is InChI=1S/C21H22Cl2N2O5S/c1-14(20(26)24-19-8-4-3-7-18(19)23)30-21(27)16-13-15(9-10-17(16)22)31(28,29)25-11-5-2-6-12-25/h3-4,7-10,13-14H,2,5-6,11-12H2,1H3,(H,24,26). The molecule has 1 fully saturated rings. The van der Waals surface area contributed by atoms with Crippen molar-refractivity contribution >= 4 is 50.8 Å². The van der Waals surface area contributed by atoms with Crippen LogP contribution in [0.1, 0.15) is 36.5 Å². The number of benzene rings is 2. The molecule has 1 saturated heterocycles. The highest BCUT2D eigenvalue weighted by atomic mass is 35.5. The summed E-state index contributed by atoms with van der Waals surface area (Å²) < 4.78 is 32.4. The Morgan fingerprint density at radius 1 is 1.03 bits per heavy atom. The highest BCUT2D eigenvalue weighted by Crippen LogP contribution is 2.26. The summed E-state index contributed by atoms with van der Waals surface area (Å²) in [6.45, 7) is 2.26. The van der Waals surface area contributed by atoms with Crippen molar-refractivity contribution in [2.75, 3.05) is 18.4 Å². The first kappa shape index (κ1) is 23.5. The SMILES string of the molecule is CC(OC(=O)c1cc(S(=O)(=O)N2CCCCC2)ccc1Cl)C(=O)Nc1ccccc1Cl. The van der Waals surface area contributed by atoms with Crippen LogP contribution in [0.15, 0.2) is 47.4 Å². The molecule has 10 heteroatoms. The van der Waals surface area contributed by atoms with Gasteiger partial charge in [0.15, 0.2) is 6.10 Å². The van der Waals surface area contributed by atoms with Gasteiger partial charge in [-0.25, -0.2) is 13.2 Å². The molecule has 166 valence electrons. The maximum atomic E-state index is 12.9. The molecule has 0 saturated carbocycles. The molecule has 1 aliphatic rings. The molecule has 31 heavy (non-hydrogen) atoms. The van der Waals surface area contributed by atoms with E-state index in [1.54, 1.807) is 24.3 Å². The number of esters is 1. The first-order valence-corrected chi connectivity index (χ1v) is 12.0. The van der Waals surface area contributed by atoms with Crippen LogP contribution in [0.5, 0.6) is 0 Å². The lowest BCUT2D eigenvalue weighted by atomic mass is 10.2. The van der Waals surface area contributed by atoms with E-state index in [9.17, 15) is 18.0 Å². The topological polar surface area (TPSA) is 92.8 Å². The summed E-state index contributed by atoms with van der Waals surface area (Å²) in [6.07, 6.45) is 1.40. The second-order valence-electron chi connectivity index (χ2n) is 7.12. The molecule has 3 rings (SSSR count). The van der Waals surface area contributed by atoms with Gasteiger partial charge in [-0.1, -0.05) is 41.8 Å². The van der Waals surface area contributed by atoms with Crippen molar-refractivity contribution in [2.45, 2.75) is 37.2 Å². The Labute approximate surface area is 191 Å². The fourth-order valence-electron chi connectivity index (χ4n) is 3.15. The normalized spacial score (nSPS) is 15.8. The number of nitrogens with one attached hydrogen (secondary N) is 1. The van der Waals surface area contributed by atoms with Gasteiger partial charge in [-0.15, -0.1) is 0 Å². The van der Waals surface area contributed by atoms with E-state index in [4.69, 9.17) is 27.9 Å². The van der Waals surface area contributed by atoms with Crippen molar-refractivity contribution in [1.29, 1.82) is 0 Å². The number of halogens is 2. The summed E-state index contributed by atoms with van der Waals surface area (Å²) in [6, 6.07) is 10.5. The molecule has 1 unspecified atom stereocenters. The maximum Gasteiger partial charge on any atom is 0.340 e. The van der Waals surface area contributed by atoms with Crippen LogP contribution in [-0.2, 0) is 19.6 Å². The molecule has 1 heterocycles. The lowest BCUT2D eigenvalue weighted by Gasteiger charge is -2.26. The number of ether oxygens (including phenoxy) is 1. The highest BCUT2D eigenvalue weighted by molar-refractivity contribution is 7.89. The lowest BCUT2D eigenvalue weighted by molar-refractivity contribution is -0.123. The number of carbonyl (C=O) groups is 2. The van der Waals surface area contributed by atoms with Crippen LogP contribution in [0.25, 0.3) is 0 Å². The Morgan fingerprint density at radius 3 is 2.39 bits per heavy atom. The van der Waals surface area contributed by atoms with Gasteiger partial charge in [-0.2, -0.15) is 4.31 Å². The maximum absolute atomic E-state index is 12.9. The zero-order chi connectivity index (χ0) is 22.6. The Hall–Kier alpha value is -2.13.